The van der Waals surface area contributed by atoms with Crippen molar-refractivity contribution in [2.75, 3.05) is 6.26 Å². The molecule has 0 aliphatic carbocycles. The fourth-order valence-electron chi connectivity index (χ4n) is 3.51. The molecule has 5 nitrogen and oxygen atoms in total. The van der Waals surface area contributed by atoms with Crippen LogP contribution < -0.4 is 0 Å². The van der Waals surface area contributed by atoms with Gasteiger partial charge >= 0.3 is 0 Å². The minimum absolute atomic E-state index is 0.0438. The monoisotopic (exact) mass is 463 g/mol. The number of rotatable bonds is 10. The molecule has 0 aromatic heterocycles. The van der Waals surface area contributed by atoms with Crippen LogP contribution in [0.15, 0.2) is 60.7 Å². The second kappa shape index (κ2) is 11.3. The second-order valence-electron chi connectivity index (χ2n) is 8.33. The number of hydrogen-bond acceptors (Lipinski definition) is 5. The summed E-state index contributed by atoms with van der Waals surface area (Å²) in [5, 5.41) is 9.83. The molecule has 1 N–H and O–H groups in total. The first-order valence-electron chi connectivity index (χ1n) is 10.5. The largest absolute Gasteiger partial charge is 0.392 e. The van der Waals surface area contributed by atoms with Gasteiger partial charge in [0.2, 0.25) is 10.0 Å². The van der Waals surface area contributed by atoms with Gasteiger partial charge in [0.05, 0.1) is 23.5 Å². The van der Waals surface area contributed by atoms with Crippen molar-refractivity contribution in [1.82, 2.24) is 4.31 Å². The highest BCUT2D eigenvalue weighted by molar-refractivity contribution is 8.13. The average molecular weight is 464 g/mol. The van der Waals surface area contributed by atoms with Crippen LogP contribution in [0.4, 0.5) is 0 Å². The lowest BCUT2D eigenvalue weighted by atomic mass is 9.96. The summed E-state index contributed by atoms with van der Waals surface area (Å²) in [6.45, 7) is 7.54. The normalized spacial score (nSPS) is 16.1. The molecule has 2 aromatic rings. The Labute approximate surface area is 190 Å². The molecule has 0 unspecified atom stereocenters. The van der Waals surface area contributed by atoms with E-state index in [1.807, 2.05) is 81.4 Å². The molecule has 0 fully saturated rings. The zero-order valence-corrected chi connectivity index (χ0v) is 20.4. The van der Waals surface area contributed by atoms with Crippen LogP contribution in [0.1, 0.15) is 44.1 Å². The Hall–Kier alpha value is -1.67. The number of hydrogen-bond donors (Lipinski definition) is 1. The van der Waals surface area contributed by atoms with Gasteiger partial charge in [0.25, 0.3) is 0 Å². The standard InChI is InChI=1S/C24H33NO4S2/c1-17(2)22(26)18(3)24(27)30-23(21-14-10-7-11-15-21)19(4)25(31(5,28)29)16-20-12-8-6-9-13-20/h6-15,17-19,22-23,26H,16H2,1-5H3/t18-,19+,22-,23+/m0/s1. The van der Waals surface area contributed by atoms with Crippen molar-refractivity contribution in [3.05, 3.63) is 71.8 Å². The summed E-state index contributed by atoms with van der Waals surface area (Å²) in [6, 6.07) is 18.4. The van der Waals surface area contributed by atoms with Crippen molar-refractivity contribution < 1.29 is 18.3 Å². The number of aliphatic hydroxyl groups excluding tert-OH is 1. The Balaban J connectivity index is 2.38. The third kappa shape index (κ3) is 7.17. The van der Waals surface area contributed by atoms with Crippen LogP contribution in [0.5, 0.6) is 0 Å². The first-order valence-corrected chi connectivity index (χ1v) is 13.2. The third-order valence-electron chi connectivity index (χ3n) is 5.44. The van der Waals surface area contributed by atoms with Crippen LogP contribution in [0.25, 0.3) is 0 Å². The van der Waals surface area contributed by atoms with E-state index in [0.717, 1.165) is 22.9 Å². The van der Waals surface area contributed by atoms with E-state index < -0.39 is 33.3 Å². The highest BCUT2D eigenvalue weighted by Gasteiger charge is 2.35. The van der Waals surface area contributed by atoms with Crippen LogP contribution >= 0.6 is 11.8 Å². The zero-order valence-electron chi connectivity index (χ0n) is 18.8. The molecule has 0 saturated carbocycles. The molecule has 7 heteroatoms. The highest BCUT2D eigenvalue weighted by Crippen LogP contribution is 2.38. The van der Waals surface area contributed by atoms with E-state index in [1.165, 1.54) is 10.6 Å². The van der Waals surface area contributed by atoms with E-state index in [-0.39, 0.29) is 17.6 Å². The van der Waals surface area contributed by atoms with Crippen LogP contribution in [-0.4, -0.2) is 41.3 Å². The van der Waals surface area contributed by atoms with Crippen LogP contribution in [0, 0.1) is 11.8 Å². The van der Waals surface area contributed by atoms with E-state index in [4.69, 9.17) is 0 Å². The number of nitrogens with zero attached hydrogens (tertiary/aromatic N) is 1. The van der Waals surface area contributed by atoms with Crippen LogP contribution in [0.2, 0.25) is 0 Å². The minimum atomic E-state index is -3.54. The lowest BCUT2D eigenvalue weighted by molar-refractivity contribution is -0.117. The summed E-state index contributed by atoms with van der Waals surface area (Å²) in [5.74, 6) is -0.595. The maximum Gasteiger partial charge on any atom is 0.211 e. The van der Waals surface area contributed by atoms with Gasteiger partial charge in [-0.1, -0.05) is 93.2 Å². The molecular formula is C24H33NO4S2. The summed E-state index contributed by atoms with van der Waals surface area (Å²) in [7, 11) is -3.54. The van der Waals surface area contributed by atoms with Gasteiger partial charge in [-0.3, -0.25) is 4.79 Å². The third-order valence-corrected chi connectivity index (χ3v) is 8.28. The van der Waals surface area contributed by atoms with Crippen LogP contribution in [-0.2, 0) is 21.4 Å². The van der Waals surface area contributed by atoms with Gasteiger partial charge in [-0.25, -0.2) is 8.42 Å². The minimum Gasteiger partial charge on any atom is -0.392 e. The molecule has 0 radical (unpaired) electrons. The average Bonchev–Trinajstić information content (AvgIpc) is 2.74. The van der Waals surface area contributed by atoms with Gasteiger partial charge in [0, 0.05) is 12.6 Å². The van der Waals surface area contributed by atoms with E-state index >= 15 is 0 Å². The van der Waals surface area contributed by atoms with Crippen molar-refractivity contribution in [3.63, 3.8) is 0 Å². The SMILES string of the molecule is CC(C)[C@H](O)[C@H](C)C(=O)S[C@@H](c1ccccc1)[C@@H](C)N(Cc1ccccc1)S(C)(=O)=O. The molecule has 4 atom stereocenters. The molecule has 0 amide bonds. The molecule has 0 aliphatic heterocycles. The van der Waals surface area contributed by atoms with Gasteiger partial charge in [-0.05, 0) is 24.0 Å². The smallest absolute Gasteiger partial charge is 0.211 e. The van der Waals surface area contributed by atoms with Crippen molar-refractivity contribution >= 4 is 26.9 Å². The van der Waals surface area contributed by atoms with Gasteiger partial charge in [0.1, 0.15) is 0 Å². The Morgan fingerprint density at radius 2 is 1.48 bits per heavy atom. The predicted octanol–water partition coefficient (Wildman–Crippen LogP) is 4.49. The fraction of sp³-hybridized carbons (Fsp3) is 0.458. The quantitative estimate of drug-likeness (QED) is 0.562. The number of thioether (sulfide) groups is 1. The lowest BCUT2D eigenvalue weighted by Gasteiger charge is -2.33. The summed E-state index contributed by atoms with van der Waals surface area (Å²) in [4.78, 5) is 13.0. The number of sulfonamides is 1. The molecule has 31 heavy (non-hydrogen) atoms. The predicted molar refractivity (Wildman–Crippen MR) is 128 cm³/mol. The van der Waals surface area contributed by atoms with E-state index in [2.05, 4.69) is 0 Å². The maximum absolute atomic E-state index is 13.0. The molecule has 0 saturated heterocycles. The van der Waals surface area contributed by atoms with Crippen LogP contribution in [0.3, 0.4) is 0 Å². The highest BCUT2D eigenvalue weighted by atomic mass is 32.2. The topological polar surface area (TPSA) is 74.7 Å². The maximum atomic E-state index is 13.0. The number of benzene rings is 2. The molecule has 2 aromatic carbocycles. The number of carbonyl (C=O) groups is 1. The number of aliphatic hydroxyl groups is 1. The lowest BCUT2D eigenvalue weighted by Crippen LogP contribution is -2.41. The Morgan fingerprint density at radius 1 is 0.968 bits per heavy atom. The summed E-state index contributed by atoms with van der Waals surface area (Å²) in [5.41, 5.74) is 1.76. The number of carbonyl (C=O) groups excluding carboxylic acids is 1. The molecular weight excluding hydrogens is 430 g/mol. The van der Waals surface area contributed by atoms with Crippen molar-refractivity contribution in [2.45, 2.75) is 51.6 Å². The Bertz CT molecular complexity index is 933. The van der Waals surface area contributed by atoms with Gasteiger partial charge in [0.15, 0.2) is 5.12 Å². The summed E-state index contributed by atoms with van der Waals surface area (Å²) in [6.07, 6.45) is 0.452. The Morgan fingerprint density at radius 3 is 1.97 bits per heavy atom. The molecule has 2 rings (SSSR count). The van der Waals surface area contributed by atoms with E-state index in [0.29, 0.717) is 0 Å². The van der Waals surface area contributed by atoms with Crippen molar-refractivity contribution in [2.24, 2.45) is 11.8 Å². The molecule has 0 aliphatic rings. The fourth-order valence-corrected chi connectivity index (χ4v) is 5.94. The first kappa shape index (κ1) is 25.6. The summed E-state index contributed by atoms with van der Waals surface area (Å²) >= 11 is 1.11. The van der Waals surface area contributed by atoms with Gasteiger partial charge < -0.3 is 5.11 Å². The summed E-state index contributed by atoms with van der Waals surface area (Å²) < 4.78 is 26.9. The molecule has 0 heterocycles. The van der Waals surface area contributed by atoms with Gasteiger partial charge in [-0.15, -0.1) is 0 Å². The van der Waals surface area contributed by atoms with Crippen molar-refractivity contribution in [1.29, 1.82) is 0 Å². The Kier molecular flexibility index (Phi) is 9.30. The van der Waals surface area contributed by atoms with Crippen molar-refractivity contribution in [3.8, 4) is 0 Å². The molecule has 170 valence electrons. The first-order chi connectivity index (χ1) is 14.5. The molecule has 0 spiro atoms. The zero-order chi connectivity index (χ0) is 23.2. The second-order valence-corrected chi connectivity index (χ2v) is 11.4. The van der Waals surface area contributed by atoms with E-state index in [9.17, 15) is 18.3 Å². The van der Waals surface area contributed by atoms with Gasteiger partial charge in [-0.2, -0.15) is 4.31 Å². The van der Waals surface area contributed by atoms with E-state index in [1.54, 1.807) is 6.92 Å². The molecule has 0 bridgehead atoms.